The van der Waals surface area contributed by atoms with Crippen LogP contribution >= 0.6 is 15.9 Å². The number of nitrogens with zero attached hydrogens (tertiary/aromatic N) is 1. The summed E-state index contributed by atoms with van der Waals surface area (Å²) in [5.74, 6) is -0.247. The average molecular weight is 312 g/mol. The van der Waals surface area contributed by atoms with Gasteiger partial charge >= 0.3 is 5.97 Å². The van der Waals surface area contributed by atoms with Gasteiger partial charge in [-0.15, -0.1) is 0 Å². The van der Waals surface area contributed by atoms with Crippen molar-refractivity contribution in [2.45, 2.75) is 32.7 Å². The molecular formula is C14H18BrNO2. The molecule has 2 unspecified atom stereocenters. The van der Waals surface area contributed by atoms with Crippen molar-refractivity contribution in [1.29, 1.82) is 0 Å². The number of piperidine rings is 1. The first-order valence-corrected chi connectivity index (χ1v) is 7.08. The van der Waals surface area contributed by atoms with Gasteiger partial charge < -0.3 is 10.0 Å². The van der Waals surface area contributed by atoms with Crippen LogP contribution in [0.3, 0.4) is 0 Å². The highest BCUT2D eigenvalue weighted by Gasteiger charge is 2.26. The maximum Gasteiger partial charge on any atom is 0.337 e. The van der Waals surface area contributed by atoms with Crippen molar-refractivity contribution in [3.63, 3.8) is 0 Å². The number of halogens is 1. The van der Waals surface area contributed by atoms with Crippen LogP contribution in [0.25, 0.3) is 0 Å². The van der Waals surface area contributed by atoms with Crippen LogP contribution < -0.4 is 4.90 Å². The van der Waals surface area contributed by atoms with Crippen molar-refractivity contribution in [3.8, 4) is 0 Å². The Labute approximate surface area is 116 Å². The molecule has 1 aromatic carbocycles. The lowest BCUT2D eigenvalue weighted by Crippen LogP contribution is -2.41. The molecule has 18 heavy (non-hydrogen) atoms. The molecule has 1 saturated heterocycles. The number of carbonyl (C=O) groups is 1. The number of anilines is 1. The average Bonchev–Trinajstić information content (AvgIpc) is 2.32. The molecule has 0 aliphatic carbocycles. The topological polar surface area (TPSA) is 40.5 Å². The van der Waals surface area contributed by atoms with E-state index in [1.54, 1.807) is 6.07 Å². The van der Waals surface area contributed by atoms with Gasteiger partial charge in [-0.3, -0.25) is 0 Å². The Morgan fingerprint density at radius 3 is 2.78 bits per heavy atom. The van der Waals surface area contributed by atoms with Crippen LogP contribution in [0.1, 0.15) is 37.0 Å². The Kier molecular flexibility index (Phi) is 3.95. The van der Waals surface area contributed by atoms with E-state index in [0.717, 1.165) is 23.1 Å². The van der Waals surface area contributed by atoms with E-state index in [4.69, 9.17) is 0 Å². The zero-order valence-corrected chi connectivity index (χ0v) is 12.3. The zero-order valence-electron chi connectivity index (χ0n) is 10.7. The molecule has 1 heterocycles. The van der Waals surface area contributed by atoms with Gasteiger partial charge in [0.2, 0.25) is 0 Å². The highest BCUT2D eigenvalue weighted by Crippen LogP contribution is 2.31. The van der Waals surface area contributed by atoms with E-state index >= 15 is 0 Å². The molecule has 1 fully saturated rings. The summed E-state index contributed by atoms with van der Waals surface area (Å²) in [5, 5.41) is 9.33. The summed E-state index contributed by atoms with van der Waals surface area (Å²) >= 11 is 3.33. The molecule has 0 radical (unpaired) electrons. The second-order valence-corrected chi connectivity index (χ2v) is 6.07. The molecule has 0 bridgehead atoms. The third-order valence-electron chi connectivity index (χ3n) is 3.62. The van der Waals surface area contributed by atoms with E-state index in [1.807, 2.05) is 12.1 Å². The van der Waals surface area contributed by atoms with Crippen LogP contribution in [-0.2, 0) is 0 Å². The number of benzene rings is 1. The van der Waals surface area contributed by atoms with E-state index in [9.17, 15) is 9.90 Å². The molecule has 3 nitrogen and oxygen atoms in total. The fourth-order valence-electron chi connectivity index (χ4n) is 2.55. The van der Waals surface area contributed by atoms with Crippen LogP contribution in [-0.4, -0.2) is 23.7 Å². The Morgan fingerprint density at radius 1 is 1.39 bits per heavy atom. The van der Waals surface area contributed by atoms with Gasteiger partial charge in [-0.1, -0.05) is 22.9 Å². The van der Waals surface area contributed by atoms with Crippen molar-refractivity contribution < 1.29 is 9.90 Å². The Bertz CT molecular complexity index is 461. The standard InChI is InChI=1S/C14H18BrNO2/c1-9-3-4-10(2)16(8-9)13-6-5-11(15)7-12(13)14(17)18/h5-7,9-10H,3-4,8H2,1-2H3,(H,17,18). The molecule has 0 saturated carbocycles. The smallest absolute Gasteiger partial charge is 0.337 e. The van der Waals surface area contributed by atoms with Crippen molar-refractivity contribution in [1.82, 2.24) is 0 Å². The highest BCUT2D eigenvalue weighted by molar-refractivity contribution is 9.10. The van der Waals surface area contributed by atoms with Gasteiger partial charge in [0.15, 0.2) is 0 Å². The maximum absolute atomic E-state index is 11.4. The van der Waals surface area contributed by atoms with Gasteiger partial charge in [0.25, 0.3) is 0 Å². The molecule has 98 valence electrons. The number of carboxylic acid groups (broad SMARTS) is 1. The van der Waals surface area contributed by atoms with E-state index in [1.165, 1.54) is 6.42 Å². The van der Waals surface area contributed by atoms with Gasteiger partial charge in [0.05, 0.1) is 11.3 Å². The molecular weight excluding hydrogens is 294 g/mol. The molecule has 1 N–H and O–H groups in total. The van der Waals surface area contributed by atoms with Gasteiger partial charge in [-0.25, -0.2) is 4.79 Å². The summed E-state index contributed by atoms with van der Waals surface area (Å²) in [7, 11) is 0. The van der Waals surface area contributed by atoms with Crippen LogP contribution in [0.5, 0.6) is 0 Å². The van der Waals surface area contributed by atoms with Crippen LogP contribution in [0.2, 0.25) is 0 Å². The van der Waals surface area contributed by atoms with E-state index in [0.29, 0.717) is 17.5 Å². The normalized spacial score (nSPS) is 24.1. The molecule has 1 aliphatic heterocycles. The minimum Gasteiger partial charge on any atom is -0.478 e. The molecule has 0 amide bonds. The summed E-state index contributed by atoms with van der Waals surface area (Å²) in [5.41, 5.74) is 1.22. The van der Waals surface area contributed by atoms with Crippen molar-refractivity contribution in [3.05, 3.63) is 28.2 Å². The third kappa shape index (κ3) is 2.69. The Balaban J connectivity index is 2.40. The first-order valence-electron chi connectivity index (χ1n) is 6.28. The number of rotatable bonds is 2. The van der Waals surface area contributed by atoms with Gasteiger partial charge in [-0.05, 0) is 43.9 Å². The summed E-state index contributed by atoms with van der Waals surface area (Å²) in [4.78, 5) is 13.6. The predicted molar refractivity (Wildman–Crippen MR) is 76.3 cm³/mol. The SMILES string of the molecule is CC1CCC(C)N(c2ccc(Br)cc2C(=O)O)C1. The second-order valence-electron chi connectivity index (χ2n) is 5.15. The van der Waals surface area contributed by atoms with E-state index in [-0.39, 0.29) is 0 Å². The second kappa shape index (κ2) is 5.31. The van der Waals surface area contributed by atoms with Gasteiger partial charge in [-0.2, -0.15) is 0 Å². The number of carboxylic acids is 1. The van der Waals surface area contributed by atoms with Crippen molar-refractivity contribution in [2.75, 3.05) is 11.4 Å². The van der Waals surface area contributed by atoms with E-state index < -0.39 is 5.97 Å². The van der Waals surface area contributed by atoms with Crippen LogP contribution in [0.4, 0.5) is 5.69 Å². The molecule has 0 aromatic heterocycles. The Morgan fingerprint density at radius 2 is 2.11 bits per heavy atom. The summed E-state index contributed by atoms with van der Waals surface area (Å²) in [6.07, 6.45) is 2.34. The zero-order chi connectivity index (χ0) is 13.3. The quantitative estimate of drug-likeness (QED) is 0.903. The Hall–Kier alpha value is -1.03. The highest BCUT2D eigenvalue weighted by atomic mass is 79.9. The molecule has 1 aromatic rings. The summed E-state index contributed by atoms with van der Waals surface area (Å²) in [6, 6.07) is 5.90. The summed E-state index contributed by atoms with van der Waals surface area (Å²) < 4.78 is 0.807. The van der Waals surface area contributed by atoms with Gasteiger partial charge in [0.1, 0.15) is 0 Å². The molecule has 2 rings (SSSR count). The van der Waals surface area contributed by atoms with E-state index in [2.05, 4.69) is 34.7 Å². The monoisotopic (exact) mass is 311 g/mol. The van der Waals surface area contributed by atoms with Crippen LogP contribution in [0, 0.1) is 5.92 Å². The maximum atomic E-state index is 11.4. The molecule has 1 aliphatic rings. The third-order valence-corrected chi connectivity index (χ3v) is 4.11. The summed E-state index contributed by atoms with van der Waals surface area (Å²) in [6.45, 7) is 5.32. The fourth-order valence-corrected chi connectivity index (χ4v) is 2.92. The fraction of sp³-hybridized carbons (Fsp3) is 0.500. The number of hydrogen-bond acceptors (Lipinski definition) is 2. The van der Waals surface area contributed by atoms with Crippen molar-refractivity contribution >= 4 is 27.6 Å². The largest absolute Gasteiger partial charge is 0.478 e. The lowest BCUT2D eigenvalue weighted by Gasteiger charge is -2.39. The molecule has 0 spiro atoms. The predicted octanol–water partition coefficient (Wildman–Crippen LogP) is 3.77. The number of hydrogen-bond donors (Lipinski definition) is 1. The number of aromatic carboxylic acids is 1. The lowest BCUT2D eigenvalue weighted by atomic mass is 9.94. The van der Waals surface area contributed by atoms with Gasteiger partial charge in [0, 0.05) is 17.1 Å². The van der Waals surface area contributed by atoms with Crippen LogP contribution in [0.15, 0.2) is 22.7 Å². The minimum atomic E-state index is -0.864. The minimum absolute atomic E-state index is 0.380. The molecule has 2 atom stereocenters. The lowest BCUT2D eigenvalue weighted by molar-refractivity contribution is 0.0697. The first-order chi connectivity index (χ1) is 8.49. The van der Waals surface area contributed by atoms with Crippen molar-refractivity contribution in [2.24, 2.45) is 5.92 Å². The molecule has 4 heteroatoms. The first kappa shape index (κ1) is 13.4.